The molecule has 27 heavy (non-hydrogen) atoms. The lowest BCUT2D eigenvalue weighted by molar-refractivity contribution is 0.414. The van der Waals surface area contributed by atoms with Gasteiger partial charge in [-0.1, -0.05) is 12.1 Å². The number of rotatable bonds is 4. The van der Waals surface area contributed by atoms with E-state index in [4.69, 9.17) is 4.74 Å². The molecule has 0 fully saturated rings. The van der Waals surface area contributed by atoms with Crippen LogP contribution in [0.3, 0.4) is 0 Å². The van der Waals surface area contributed by atoms with E-state index in [0.29, 0.717) is 17.1 Å². The summed E-state index contributed by atoms with van der Waals surface area (Å²) in [6.07, 6.45) is 0.392. The lowest BCUT2D eigenvalue weighted by atomic mass is 10.1. The number of methoxy groups -OCH3 is 1. The van der Waals surface area contributed by atoms with Crippen LogP contribution in [0.25, 0.3) is 16.2 Å². The van der Waals surface area contributed by atoms with E-state index in [9.17, 15) is 9.90 Å². The zero-order valence-electron chi connectivity index (χ0n) is 14.8. The van der Waals surface area contributed by atoms with Gasteiger partial charge in [-0.25, -0.2) is 4.52 Å². The average Bonchev–Trinajstić information content (AvgIpc) is 3.07. The first kappa shape index (κ1) is 17.2. The second kappa shape index (κ2) is 6.85. The minimum atomic E-state index is -0.318. The molecule has 136 valence electrons. The van der Waals surface area contributed by atoms with Crippen LogP contribution in [-0.2, 0) is 6.42 Å². The van der Waals surface area contributed by atoms with Crippen LogP contribution in [0.4, 0.5) is 0 Å². The van der Waals surface area contributed by atoms with Crippen molar-refractivity contribution in [2.75, 3.05) is 7.11 Å². The third-order valence-electron chi connectivity index (χ3n) is 4.37. The summed E-state index contributed by atoms with van der Waals surface area (Å²) in [6.45, 7) is 1.84. The molecule has 0 atom stereocenters. The van der Waals surface area contributed by atoms with E-state index in [-0.39, 0.29) is 11.3 Å². The Kier molecular flexibility index (Phi) is 4.37. The molecular formula is C20H17N3O3S. The van der Waals surface area contributed by atoms with Gasteiger partial charge in [0.1, 0.15) is 17.2 Å². The molecule has 0 spiro atoms. The Morgan fingerprint density at radius 2 is 1.96 bits per heavy atom. The van der Waals surface area contributed by atoms with E-state index in [1.54, 1.807) is 17.7 Å². The van der Waals surface area contributed by atoms with Crippen molar-refractivity contribution in [2.45, 2.75) is 13.3 Å². The number of benzene rings is 2. The molecule has 0 saturated carbocycles. The quantitative estimate of drug-likeness (QED) is 0.588. The fourth-order valence-electron chi connectivity index (χ4n) is 2.85. The Labute approximate surface area is 159 Å². The van der Waals surface area contributed by atoms with Gasteiger partial charge in [0.25, 0.3) is 5.56 Å². The highest BCUT2D eigenvalue weighted by molar-refractivity contribution is 7.15. The molecule has 0 unspecified atom stereocenters. The topological polar surface area (TPSA) is 76.7 Å². The van der Waals surface area contributed by atoms with Crippen LogP contribution >= 0.6 is 11.3 Å². The number of aryl methyl sites for hydroxylation is 1. The molecule has 0 bridgehead atoms. The van der Waals surface area contributed by atoms with Crippen molar-refractivity contribution >= 4 is 16.3 Å². The number of fused-ring (bicyclic) bond motifs is 1. The fraction of sp³-hybridized carbons (Fsp3) is 0.150. The fourth-order valence-corrected chi connectivity index (χ4v) is 3.68. The van der Waals surface area contributed by atoms with E-state index < -0.39 is 0 Å². The zero-order chi connectivity index (χ0) is 19.0. The van der Waals surface area contributed by atoms with E-state index in [0.717, 1.165) is 28.1 Å². The molecule has 6 nitrogen and oxygen atoms in total. The van der Waals surface area contributed by atoms with Crippen LogP contribution in [0.1, 0.15) is 16.8 Å². The van der Waals surface area contributed by atoms with Crippen LogP contribution in [0.2, 0.25) is 0 Å². The normalized spacial score (nSPS) is 11.0. The van der Waals surface area contributed by atoms with Gasteiger partial charge in [0.05, 0.1) is 12.8 Å². The van der Waals surface area contributed by atoms with Gasteiger partial charge in [0.2, 0.25) is 4.96 Å². The van der Waals surface area contributed by atoms with E-state index in [1.165, 1.54) is 11.3 Å². The van der Waals surface area contributed by atoms with Crippen LogP contribution in [0, 0.1) is 6.92 Å². The Hall–Kier alpha value is -3.19. The molecule has 1 N–H and O–H groups in total. The van der Waals surface area contributed by atoms with Gasteiger partial charge >= 0.3 is 0 Å². The molecule has 7 heteroatoms. The van der Waals surface area contributed by atoms with Gasteiger partial charge in [-0.2, -0.15) is 10.1 Å². The Bertz CT molecular complexity index is 1180. The Morgan fingerprint density at radius 3 is 2.67 bits per heavy atom. The maximum atomic E-state index is 12.4. The number of ether oxygens (including phenoxy) is 1. The third-order valence-corrected chi connectivity index (χ3v) is 5.19. The molecule has 0 aliphatic carbocycles. The summed E-state index contributed by atoms with van der Waals surface area (Å²) in [5, 5.41) is 16.2. The van der Waals surface area contributed by atoms with E-state index in [2.05, 4.69) is 10.1 Å². The van der Waals surface area contributed by atoms with Crippen LogP contribution in [0.15, 0.2) is 52.6 Å². The first-order valence-electron chi connectivity index (χ1n) is 8.35. The largest absolute Gasteiger partial charge is 0.508 e. The summed E-state index contributed by atoms with van der Waals surface area (Å²) in [5.41, 5.74) is 3.54. The van der Waals surface area contributed by atoms with Gasteiger partial charge in [0.15, 0.2) is 0 Å². The van der Waals surface area contributed by atoms with Gasteiger partial charge in [0, 0.05) is 17.4 Å². The van der Waals surface area contributed by atoms with Crippen molar-refractivity contribution in [1.82, 2.24) is 14.6 Å². The second-order valence-electron chi connectivity index (χ2n) is 6.21. The molecule has 2 aromatic carbocycles. The monoisotopic (exact) mass is 379 g/mol. The van der Waals surface area contributed by atoms with Crippen molar-refractivity contribution < 1.29 is 9.84 Å². The van der Waals surface area contributed by atoms with E-state index >= 15 is 0 Å². The molecule has 2 aromatic heterocycles. The van der Waals surface area contributed by atoms with Gasteiger partial charge in [-0.3, -0.25) is 4.79 Å². The van der Waals surface area contributed by atoms with Gasteiger partial charge < -0.3 is 9.84 Å². The first-order valence-corrected chi connectivity index (χ1v) is 9.23. The van der Waals surface area contributed by atoms with Gasteiger partial charge in [-0.15, -0.1) is 11.3 Å². The lowest BCUT2D eigenvalue weighted by Crippen LogP contribution is -2.18. The summed E-state index contributed by atoms with van der Waals surface area (Å²) in [4.78, 5) is 17.1. The van der Waals surface area contributed by atoms with Crippen molar-refractivity contribution in [2.24, 2.45) is 0 Å². The molecule has 0 aliphatic rings. The molecule has 4 rings (SSSR count). The predicted molar refractivity (Wildman–Crippen MR) is 105 cm³/mol. The van der Waals surface area contributed by atoms with Crippen LogP contribution in [0.5, 0.6) is 11.5 Å². The number of aromatic hydroxyl groups is 1. The minimum Gasteiger partial charge on any atom is -0.508 e. The van der Waals surface area contributed by atoms with Crippen molar-refractivity contribution in [3.05, 3.63) is 75.0 Å². The maximum Gasteiger partial charge on any atom is 0.296 e. The number of phenolic OH excluding ortho intramolecular Hbond substituents is 1. The molecular weight excluding hydrogens is 362 g/mol. The minimum absolute atomic E-state index is 0.247. The van der Waals surface area contributed by atoms with Crippen molar-refractivity contribution in [3.63, 3.8) is 0 Å². The summed E-state index contributed by atoms with van der Waals surface area (Å²) in [6, 6.07) is 12.9. The molecule has 4 aromatic rings. The average molecular weight is 379 g/mol. The zero-order valence-corrected chi connectivity index (χ0v) is 15.7. The van der Waals surface area contributed by atoms with E-state index in [1.807, 2.05) is 48.7 Å². The molecule has 0 radical (unpaired) electrons. The number of aromatic nitrogens is 3. The summed E-state index contributed by atoms with van der Waals surface area (Å²) in [5.74, 6) is 1.01. The molecule has 0 amide bonds. The number of hydrogen-bond acceptors (Lipinski definition) is 6. The summed E-state index contributed by atoms with van der Waals surface area (Å²) < 4.78 is 6.85. The predicted octanol–water partition coefficient (Wildman–Crippen LogP) is 3.43. The second-order valence-corrected chi connectivity index (χ2v) is 7.04. The maximum absolute atomic E-state index is 12.4. The highest BCUT2D eigenvalue weighted by Crippen LogP contribution is 2.28. The molecule has 0 saturated heterocycles. The number of hydrogen-bond donors (Lipinski definition) is 1. The lowest BCUT2D eigenvalue weighted by Gasteiger charge is -2.06. The third kappa shape index (κ3) is 3.29. The summed E-state index contributed by atoms with van der Waals surface area (Å²) >= 11 is 1.36. The van der Waals surface area contributed by atoms with Crippen LogP contribution in [-0.4, -0.2) is 26.8 Å². The smallest absolute Gasteiger partial charge is 0.296 e. The Balaban J connectivity index is 1.76. The highest BCUT2D eigenvalue weighted by atomic mass is 32.1. The number of phenols is 1. The molecule has 0 aliphatic heterocycles. The first-order chi connectivity index (χ1) is 13.0. The Morgan fingerprint density at radius 1 is 1.19 bits per heavy atom. The standard InChI is InChI=1S/C20H17N3O3S/c1-12-9-14(5-8-18(12)24)17-11-27-20-21-19(25)16(22-23(17)20)10-13-3-6-15(26-2)7-4-13/h3-9,11,24H,10H2,1-2H3. The molecule has 2 heterocycles. The van der Waals surface area contributed by atoms with Crippen LogP contribution < -0.4 is 10.3 Å². The SMILES string of the molecule is COc1ccc(Cc2nn3c(-c4ccc(O)c(C)c4)csc3nc2=O)cc1. The highest BCUT2D eigenvalue weighted by Gasteiger charge is 2.13. The van der Waals surface area contributed by atoms with Gasteiger partial charge in [-0.05, 0) is 48.4 Å². The number of nitrogens with zero attached hydrogens (tertiary/aromatic N) is 3. The van der Waals surface area contributed by atoms with Crippen molar-refractivity contribution in [3.8, 4) is 22.8 Å². The summed E-state index contributed by atoms with van der Waals surface area (Å²) in [7, 11) is 1.62. The van der Waals surface area contributed by atoms with Crippen molar-refractivity contribution in [1.29, 1.82) is 0 Å². The number of thiazole rings is 1.